The van der Waals surface area contributed by atoms with E-state index < -0.39 is 0 Å². The van der Waals surface area contributed by atoms with Gasteiger partial charge in [0.25, 0.3) is 11.1 Å². The van der Waals surface area contributed by atoms with Crippen molar-refractivity contribution in [3.63, 3.8) is 0 Å². The Labute approximate surface area is 199 Å². The summed E-state index contributed by atoms with van der Waals surface area (Å²) in [6.45, 7) is 0.993. The van der Waals surface area contributed by atoms with E-state index in [1.165, 1.54) is 12.0 Å². The highest BCUT2D eigenvalue weighted by Gasteiger charge is 2.34. The van der Waals surface area contributed by atoms with E-state index in [2.05, 4.69) is 22.0 Å². The number of rotatable bonds is 9. The van der Waals surface area contributed by atoms with E-state index >= 15 is 0 Å². The Morgan fingerprint density at radius 2 is 1.97 bits per heavy atom. The van der Waals surface area contributed by atoms with Gasteiger partial charge in [-0.2, -0.15) is 5.26 Å². The summed E-state index contributed by atoms with van der Waals surface area (Å²) in [5, 5.41) is 8.95. The average molecular weight is 517 g/mol. The molecule has 0 N–H and O–H groups in total. The second kappa shape index (κ2) is 11.2. The van der Waals surface area contributed by atoms with Crippen LogP contribution in [0.4, 0.5) is 4.79 Å². The first-order valence-corrected chi connectivity index (χ1v) is 11.3. The van der Waals surface area contributed by atoms with Gasteiger partial charge in [-0.3, -0.25) is 14.5 Å². The van der Waals surface area contributed by atoms with Crippen molar-refractivity contribution in [1.82, 2.24) is 4.90 Å². The molecule has 0 atom stereocenters. The molecule has 2 aromatic rings. The molecular weight excluding hydrogens is 496 g/mol. The third-order valence-corrected chi connectivity index (χ3v) is 6.29. The van der Waals surface area contributed by atoms with E-state index in [1.807, 2.05) is 12.1 Å². The van der Waals surface area contributed by atoms with Crippen LogP contribution >= 0.6 is 27.7 Å². The molecule has 1 heterocycles. The molecule has 0 radical (unpaired) electrons. The lowest BCUT2D eigenvalue weighted by atomic mass is 10.1. The van der Waals surface area contributed by atoms with Crippen molar-refractivity contribution in [2.24, 2.45) is 0 Å². The first kappa shape index (κ1) is 23.9. The first-order valence-electron chi connectivity index (χ1n) is 9.71. The standard InChI is InChI=1S/C23H21BrN2O5S/c1-29-9-5-8-26-22(27)21(32-23(26)28)11-17-10-19(30-2)20(12-18(17)24)31-14-16-7-4-3-6-15(16)13-25/h3-4,6-7,10-12H,5,8-9,14H2,1-2H3/b21-11+. The van der Waals surface area contributed by atoms with E-state index in [1.54, 1.807) is 37.5 Å². The fraction of sp³-hybridized carbons (Fsp3) is 0.261. The summed E-state index contributed by atoms with van der Waals surface area (Å²) < 4.78 is 17.0. The van der Waals surface area contributed by atoms with Gasteiger partial charge < -0.3 is 14.2 Å². The van der Waals surface area contributed by atoms with E-state index in [0.29, 0.717) is 51.6 Å². The highest BCUT2D eigenvalue weighted by atomic mass is 79.9. The van der Waals surface area contributed by atoms with Gasteiger partial charge in [0.1, 0.15) is 6.61 Å². The van der Waals surface area contributed by atoms with Crippen molar-refractivity contribution in [2.45, 2.75) is 13.0 Å². The van der Waals surface area contributed by atoms with Crippen molar-refractivity contribution >= 4 is 44.9 Å². The van der Waals surface area contributed by atoms with Gasteiger partial charge in [0.05, 0.1) is 23.6 Å². The van der Waals surface area contributed by atoms with E-state index in [4.69, 9.17) is 14.2 Å². The summed E-state index contributed by atoms with van der Waals surface area (Å²) in [6, 6.07) is 12.8. The van der Waals surface area contributed by atoms with Gasteiger partial charge in [-0.05, 0) is 48.0 Å². The van der Waals surface area contributed by atoms with Crippen molar-refractivity contribution in [2.75, 3.05) is 27.4 Å². The Morgan fingerprint density at radius 3 is 2.69 bits per heavy atom. The Balaban J connectivity index is 1.80. The van der Waals surface area contributed by atoms with Crippen LogP contribution in [0.5, 0.6) is 11.5 Å². The number of hydrogen-bond donors (Lipinski definition) is 0. The SMILES string of the molecule is COCCCN1C(=O)S/C(=C/c2cc(OC)c(OCc3ccccc3C#N)cc2Br)C1=O. The molecule has 0 aliphatic carbocycles. The Morgan fingerprint density at radius 1 is 1.19 bits per heavy atom. The molecule has 0 unspecified atom stereocenters. The molecule has 0 spiro atoms. The molecule has 2 aromatic carbocycles. The van der Waals surface area contributed by atoms with E-state index in [-0.39, 0.29) is 17.8 Å². The fourth-order valence-electron chi connectivity index (χ4n) is 3.05. The molecule has 1 fully saturated rings. The number of halogens is 1. The molecule has 2 amide bonds. The van der Waals surface area contributed by atoms with Crippen molar-refractivity contribution in [3.05, 3.63) is 62.5 Å². The molecule has 3 rings (SSSR count). The molecular formula is C23H21BrN2O5S. The fourth-order valence-corrected chi connectivity index (χ4v) is 4.34. The normalized spacial score (nSPS) is 14.7. The van der Waals surface area contributed by atoms with Crippen LogP contribution in [0.1, 0.15) is 23.1 Å². The summed E-state index contributed by atoms with van der Waals surface area (Å²) >= 11 is 4.41. The number of carbonyl (C=O) groups excluding carboxylic acids is 2. The monoisotopic (exact) mass is 516 g/mol. The predicted molar refractivity (Wildman–Crippen MR) is 125 cm³/mol. The largest absolute Gasteiger partial charge is 0.493 e. The maximum absolute atomic E-state index is 12.6. The number of methoxy groups -OCH3 is 2. The number of nitrogens with zero attached hydrogens (tertiary/aromatic N) is 2. The molecule has 0 aromatic heterocycles. The zero-order valence-corrected chi connectivity index (χ0v) is 20.0. The van der Waals surface area contributed by atoms with Gasteiger partial charge in [0, 0.05) is 30.3 Å². The van der Waals surface area contributed by atoms with Gasteiger partial charge in [0.15, 0.2) is 11.5 Å². The maximum atomic E-state index is 12.6. The minimum atomic E-state index is -0.324. The quantitative estimate of drug-likeness (QED) is 0.342. The van der Waals surface area contributed by atoms with E-state index in [0.717, 1.165) is 17.3 Å². The van der Waals surface area contributed by atoms with Crippen LogP contribution in [0.2, 0.25) is 0 Å². The van der Waals surface area contributed by atoms with Crippen LogP contribution < -0.4 is 9.47 Å². The Kier molecular flexibility index (Phi) is 8.33. The number of hydrogen-bond acceptors (Lipinski definition) is 7. The minimum Gasteiger partial charge on any atom is -0.493 e. The molecule has 7 nitrogen and oxygen atoms in total. The van der Waals surface area contributed by atoms with Crippen molar-refractivity contribution in [3.8, 4) is 17.6 Å². The van der Waals surface area contributed by atoms with Gasteiger partial charge >= 0.3 is 0 Å². The van der Waals surface area contributed by atoms with Gasteiger partial charge in [-0.25, -0.2) is 0 Å². The smallest absolute Gasteiger partial charge is 0.293 e. The number of benzene rings is 2. The summed E-state index contributed by atoms with van der Waals surface area (Å²) in [7, 11) is 3.10. The summed E-state index contributed by atoms with van der Waals surface area (Å²) in [6.07, 6.45) is 2.24. The number of thioether (sulfide) groups is 1. The predicted octanol–water partition coefficient (Wildman–Crippen LogP) is 4.98. The van der Waals surface area contributed by atoms with Gasteiger partial charge in [-0.15, -0.1) is 0 Å². The molecule has 0 bridgehead atoms. The molecule has 1 aliphatic heterocycles. The molecule has 0 saturated carbocycles. The lowest BCUT2D eigenvalue weighted by Gasteiger charge is -2.14. The Bertz CT molecular complexity index is 1100. The van der Waals surface area contributed by atoms with Crippen LogP contribution in [0.25, 0.3) is 6.08 Å². The second-order valence-corrected chi connectivity index (χ2v) is 8.61. The van der Waals surface area contributed by atoms with Crippen LogP contribution in [-0.2, 0) is 16.1 Å². The maximum Gasteiger partial charge on any atom is 0.293 e. The van der Waals surface area contributed by atoms with Crippen LogP contribution in [-0.4, -0.2) is 43.4 Å². The zero-order chi connectivity index (χ0) is 23.1. The summed E-state index contributed by atoms with van der Waals surface area (Å²) in [4.78, 5) is 26.4. The molecule has 1 saturated heterocycles. The summed E-state index contributed by atoms with van der Waals surface area (Å²) in [5.74, 6) is 0.626. The number of amides is 2. The molecule has 32 heavy (non-hydrogen) atoms. The third kappa shape index (κ3) is 5.51. The molecule has 9 heteroatoms. The lowest BCUT2D eigenvalue weighted by Crippen LogP contribution is -2.29. The van der Waals surface area contributed by atoms with Crippen molar-refractivity contribution in [1.29, 1.82) is 5.26 Å². The summed E-state index contributed by atoms with van der Waals surface area (Å²) in [5.41, 5.74) is 1.98. The number of carbonyl (C=O) groups is 2. The van der Waals surface area contributed by atoms with Crippen LogP contribution in [0.15, 0.2) is 45.8 Å². The number of nitriles is 1. The van der Waals surface area contributed by atoms with Crippen LogP contribution in [0.3, 0.4) is 0 Å². The lowest BCUT2D eigenvalue weighted by molar-refractivity contribution is -0.122. The van der Waals surface area contributed by atoms with Gasteiger partial charge in [0.2, 0.25) is 0 Å². The van der Waals surface area contributed by atoms with Crippen LogP contribution in [0, 0.1) is 11.3 Å². The van der Waals surface area contributed by atoms with Crippen molar-refractivity contribution < 1.29 is 23.8 Å². The highest BCUT2D eigenvalue weighted by Crippen LogP contribution is 2.38. The van der Waals surface area contributed by atoms with Gasteiger partial charge in [-0.1, -0.05) is 34.1 Å². The Hall–Kier alpha value is -2.80. The third-order valence-electron chi connectivity index (χ3n) is 4.69. The number of imide groups is 1. The second-order valence-electron chi connectivity index (χ2n) is 6.76. The number of ether oxygens (including phenoxy) is 3. The molecule has 1 aliphatic rings. The zero-order valence-electron chi connectivity index (χ0n) is 17.6. The highest BCUT2D eigenvalue weighted by molar-refractivity contribution is 9.10. The topological polar surface area (TPSA) is 88.9 Å². The van der Waals surface area contributed by atoms with E-state index in [9.17, 15) is 14.9 Å². The first-order chi connectivity index (χ1) is 15.5. The average Bonchev–Trinajstić information content (AvgIpc) is 3.06. The minimum absolute atomic E-state index is 0.201. The molecule has 166 valence electrons.